The topological polar surface area (TPSA) is 57.3 Å². The van der Waals surface area contributed by atoms with Crippen molar-refractivity contribution >= 4 is 5.69 Å². The van der Waals surface area contributed by atoms with Gasteiger partial charge in [-0.05, 0) is 42.5 Å². The summed E-state index contributed by atoms with van der Waals surface area (Å²) in [7, 11) is 0. The Hall–Kier alpha value is -2.39. The van der Waals surface area contributed by atoms with Crippen LogP contribution in [0.25, 0.3) is 4.85 Å². The fourth-order valence-electron chi connectivity index (χ4n) is 3.27. The van der Waals surface area contributed by atoms with Crippen LogP contribution >= 0.6 is 0 Å². The smallest absolute Gasteiger partial charge is 0.187 e. The van der Waals surface area contributed by atoms with E-state index in [0.29, 0.717) is 24.3 Å². The fourth-order valence-corrected chi connectivity index (χ4v) is 3.27. The van der Waals surface area contributed by atoms with E-state index in [4.69, 9.17) is 16.4 Å². The molecule has 0 amide bonds. The molecule has 1 heterocycles. The van der Waals surface area contributed by atoms with Gasteiger partial charge in [0.15, 0.2) is 5.69 Å². The van der Waals surface area contributed by atoms with Crippen LogP contribution in [0.3, 0.4) is 0 Å². The number of nitrogens with zero attached hydrogens (tertiary/aromatic N) is 2. The highest BCUT2D eigenvalue weighted by molar-refractivity contribution is 5.45. The van der Waals surface area contributed by atoms with Crippen molar-refractivity contribution in [1.82, 2.24) is 4.90 Å². The Kier molecular flexibility index (Phi) is 6.46. The van der Waals surface area contributed by atoms with Crippen LogP contribution in [0.5, 0.6) is 5.75 Å². The Morgan fingerprint density at radius 2 is 1.63 bits per heavy atom. The van der Waals surface area contributed by atoms with Crippen molar-refractivity contribution in [3.8, 4) is 5.75 Å². The Balaban J connectivity index is 1.42. The van der Waals surface area contributed by atoms with Gasteiger partial charge < -0.3 is 19.8 Å². The number of hydrogen-bond acceptors (Lipinski definition) is 4. The summed E-state index contributed by atoms with van der Waals surface area (Å²) in [6.07, 6.45) is 2.33. The molecule has 0 atom stereocenters. The SMILES string of the molecule is [C-]#[N+]c1ccc(CCN2CCC(O)(COc3ccc(CO)cc3)CC2)cc1. The van der Waals surface area contributed by atoms with Crippen LogP contribution in [0, 0.1) is 6.57 Å². The van der Waals surface area contributed by atoms with Crippen LogP contribution in [-0.4, -0.2) is 47.0 Å². The van der Waals surface area contributed by atoms with Gasteiger partial charge in [0.2, 0.25) is 0 Å². The minimum absolute atomic E-state index is 0.0176. The van der Waals surface area contributed by atoms with Crippen molar-refractivity contribution in [1.29, 1.82) is 0 Å². The van der Waals surface area contributed by atoms with Gasteiger partial charge in [-0.2, -0.15) is 0 Å². The van der Waals surface area contributed by atoms with Gasteiger partial charge in [0.25, 0.3) is 0 Å². The first-order valence-electron chi connectivity index (χ1n) is 9.34. The summed E-state index contributed by atoms with van der Waals surface area (Å²) < 4.78 is 5.76. The lowest BCUT2D eigenvalue weighted by molar-refractivity contribution is -0.0521. The lowest BCUT2D eigenvalue weighted by atomic mass is 9.92. The molecule has 2 N–H and O–H groups in total. The van der Waals surface area contributed by atoms with Gasteiger partial charge >= 0.3 is 0 Å². The second-order valence-electron chi connectivity index (χ2n) is 7.18. The highest BCUT2D eigenvalue weighted by Crippen LogP contribution is 2.24. The first-order valence-corrected chi connectivity index (χ1v) is 9.34. The molecule has 5 heteroatoms. The van der Waals surface area contributed by atoms with Crippen molar-refractivity contribution in [2.24, 2.45) is 0 Å². The minimum Gasteiger partial charge on any atom is -0.491 e. The normalized spacial score (nSPS) is 16.6. The predicted molar refractivity (Wildman–Crippen MR) is 105 cm³/mol. The Morgan fingerprint density at radius 3 is 2.22 bits per heavy atom. The van der Waals surface area contributed by atoms with Gasteiger partial charge in [0.05, 0.1) is 13.2 Å². The van der Waals surface area contributed by atoms with Gasteiger partial charge in [-0.25, -0.2) is 4.85 Å². The van der Waals surface area contributed by atoms with E-state index in [2.05, 4.69) is 9.74 Å². The predicted octanol–water partition coefficient (Wildman–Crippen LogP) is 3.18. The van der Waals surface area contributed by atoms with Gasteiger partial charge in [-0.15, -0.1) is 0 Å². The summed E-state index contributed by atoms with van der Waals surface area (Å²) in [5.41, 5.74) is 1.97. The Bertz CT molecular complexity index is 758. The number of benzene rings is 2. The zero-order chi connectivity index (χ0) is 19.1. The molecule has 2 aromatic carbocycles. The number of aliphatic hydroxyl groups excluding tert-OH is 1. The Morgan fingerprint density at radius 1 is 1.00 bits per heavy atom. The van der Waals surface area contributed by atoms with Crippen molar-refractivity contribution in [3.05, 3.63) is 71.1 Å². The van der Waals surface area contributed by atoms with Gasteiger partial charge in [-0.1, -0.05) is 36.4 Å². The van der Waals surface area contributed by atoms with Crippen molar-refractivity contribution in [3.63, 3.8) is 0 Å². The van der Waals surface area contributed by atoms with Crippen LogP contribution in [0.1, 0.15) is 24.0 Å². The van der Waals surface area contributed by atoms with Crippen LogP contribution in [0.2, 0.25) is 0 Å². The standard InChI is InChI=1S/C22H26N2O3/c1-23-20-6-2-18(3-7-20)10-13-24-14-11-22(26,12-15-24)17-27-21-8-4-19(16-25)5-9-21/h2-9,25-26H,10-17H2. The average molecular weight is 366 g/mol. The molecule has 0 aromatic heterocycles. The molecule has 0 spiro atoms. The maximum absolute atomic E-state index is 10.8. The number of likely N-dealkylation sites (tertiary alicyclic amines) is 1. The molecule has 1 saturated heterocycles. The quantitative estimate of drug-likeness (QED) is 0.739. The molecule has 142 valence electrons. The van der Waals surface area contributed by atoms with E-state index in [1.54, 1.807) is 0 Å². The third-order valence-corrected chi connectivity index (χ3v) is 5.18. The summed E-state index contributed by atoms with van der Waals surface area (Å²) in [6, 6.07) is 15.1. The van der Waals surface area contributed by atoms with Gasteiger partial charge in [-0.3, -0.25) is 0 Å². The molecule has 0 bridgehead atoms. The fraction of sp³-hybridized carbons (Fsp3) is 0.409. The average Bonchev–Trinajstić information content (AvgIpc) is 2.73. The number of aliphatic hydroxyl groups is 2. The first kappa shape index (κ1) is 19.4. The maximum atomic E-state index is 10.8. The molecule has 3 rings (SSSR count). The number of rotatable bonds is 7. The molecule has 1 aliphatic heterocycles. The monoisotopic (exact) mass is 366 g/mol. The number of ether oxygens (including phenoxy) is 1. The summed E-state index contributed by atoms with van der Waals surface area (Å²) in [5.74, 6) is 0.714. The summed E-state index contributed by atoms with van der Waals surface area (Å²) >= 11 is 0. The molecular weight excluding hydrogens is 340 g/mol. The van der Waals surface area contributed by atoms with E-state index < -0.39 is 5.60 Å². The van der Waals surface area contributed by atoms with Crippen LogP contribution in [-0.2, 0) is 13.0 Å². The van der Waals surface area contributed by atoms with Crippen molar-refractivity contribution < 1.29 is 14.9 Å². The molecule has 27 heavy (non-hydrogen) atoms. The maximum Gasteiger partial charge on any atom is 0.187 e. The lowest BCUT2D eigenvalue weighted by Crippen LogP contribution is -2.48. The van der Waals surface area contributed by atoms with E-state index in [1.165, 1.54) is 5.56 Å². The highest BCUT2D eigenvalue weighted by Gasteiger charge is 2.33. The molecule has 2 aromatic rings. The Labute approximate surface area is 160 Å². The molecule has 1 fully saturated rings. The molecule has 0 saturated carbocycles. The van der Waals surface area contributed by atoms with Crippen LogP contribution in [0.4, 0.5) is 5.69 Å². The molecule has 5 nitrogen and oxygen atoms in total. The molecule has 0 radical (unpaired) electrons. The van der Waals surface area contributed by atoms with E-state index >= 15 is 0 Å². The summed E-state index contributed by atoms with van der Waals surface area (Å²) in [6.45, 7) is 9.96. The second kappa shape index (κ2) is 9.01. The molecule has 0 aliphatic carbocycles. The molecule has 1 aliphatic rings. The highest BCUT2D eigenvalue weighted by atomic mass is 16.5. The third kappa shape index (κ3) is 5.54. The first-order chi connectivity index (χ1) is 13.1. The van der Waals surface area contributed by atoms with Gasteiger partial charge in [0.1, 0.15) is 18.0 Å². The third-order valence-electron chi connectivity index (χ3n) is 5.18. The molecular formula is C22H26N2O3. The van der Waals surface area contributed by atoms with E-state index in [0.717, 1.165) is 31.6 Å². The minimum atomic E-state index is -0.788. The summed E-state index contributed by atoms with van der Waals surface area (Å²) in [5, 5.41) is 19.8. The summed E-state index contributed by atoms with van der Waals surface area (Å²) in [4.78, 5) is 5.78. The zero-order valence-corrected chi connectivity index (χ0v) is 15.5. The number of piperidine rings is 1. The van der Waals surface area contributed by atoms with E-state index in [-0.39, 0.29) is 13.2 Å². The van der Waals surface area contributed by atoms with E-state index in [1.807, 2.05) is 48.5 Å². The van der Waals surface area contributed by atoms with Crippen LogP contribution in [0.15, 0.2) is 48.5 Å². The van der Waals surface area contributed by atoms with E-state index in [9.17, 15) is 5.11 Å². The van der Waals surface area contributed by atoms with Gasteiger partial charge in [0, 0.05) is 19.6 Å². The van der Waals surface area contributed by atoms with Crippen molar-refractivity contribution in [2.45, 2.75) is 31.5 Å². The van der Waals surface area contributed by atoms with Crippen molar-refractivity contribution in [2.75, 3.05) is 26.2 Å². The number of hydrogen-bond donors (Lipinski definition) is 2. The largest absolute Gasteiger partial charge is 0.491 e. The molecule has 0 unspecified atom stereocenters. The van der Waals surface area contributed by atoms with Crippen LogP contribution < -0.4 is 4.74 Å². The zero-order valence-electron chi connectivity index (χ0n) is 15.5. The lowest BCUT2D eigenvalue weighted by Gasteiger charge is -2.38. The second-order valence-corrected chi connectivity index (χ2v) is 7.18.